The maximum Gasteiger partial charge on any atom is 0.176 e. The van der Waals surface area contributed by atoms with Gasteiger partial charge in [0.2, 0.25) is 0 Å². The highest BCUT2D eigenvalue weighted by molar-refractivity contribution is 6.34. The zero-order valence-corrected chi connectivity index (χ0v) is 12.3. The van der Waals surface area contributed by atoms with E-state index < -0.39 is 0 Å². The number of fused-ring (bicyclic) bond motifs is 1. The maximum absolute atomic E-state index is 6.02. The molecular formula is C15H10Cl2N4. The molecule has 0 unspecified atom stereocenters. The second kappa shape index (κ2) is 6.08. The summed E-state index contributed by atoms with van der Waals surface area (Å²) in [5, 5.41) is 14.8. The quantitative estimate of drug-likeness (QED) is 0.576. The third-order valence-electron chi connectivity index (χ3n) is 2.90. The Morgan fingerprint density at radius 1 is 0.905 bits per heavy atom. The number of nitrogens with one attached hydrogen (secondary N) is 1. The number of halogens is 2. The van der Waals surface area contributed by atoms with Crippen LogP contribution in [0.5, 0.6) is 0 Å². The minimum Gasteiger partial charge on any atom is -0.259 e. The first kappa shape index (κ1) is 13.8. The molecule has 1 aromatic heterocycles. The lowest BCUT2D eigenvalue weighted by atomic mass is 10.2. The van der Waals surface area contributed by atoms with Crippen LogP contribution in [0.2, 0.25) is 10.2 Å². The van der Waals surface area contributed by atoms with Crippen molar-refractivity contribution in [1.29, 1.82) is 0 Å². The van der Waals surface area contributed by atoms with Gasteiger partial charge in [-0.25, -0.2) is 0 Å². The minimum absolute atomic E-state index is 0.373. The van der Waals surface area contributed by atoms with Gasteiger partial charge in [-0.1, -0.05) is 59.6 Å². The average molecular weight is 317 g/mol. The Hall–Kier alpha value is -2.17. The maximum atomic E-state index is 6.02. The topological polar surface area (TPSA) is 50.2 Å². The van der Waals surface area contributed by atoms with E-state index in [1.54, 1.807) is 18.3 Å². The zero-order valence-electron chi connectivity index (χ0n) is 10.8. The molecule has 1 heterocycles. The number of hydrazone groups is 1. The third-order valence-corrected chi connectivity index (χ3v) is 3.43. The summed E-state index contributed by atoms with van der Waals surface area (Å²) in [6.45, 7) is 0. The third kappa shape index (κ3) is 3.12. The van der Waals surface area contributed by atoms with E-state index >= 15 is 0 Å². The number of hydrogen-bond donors (Lipinski definition) is 1. The molecule has 4 nitrogen and oxygen atoms in total. The van der Waals surface area contributed by atoms with Crippen LogP contribution >= 0.6 is 23.2 Å². The molecular weight excluding hydrogens is 307 g/mol. The van der Waals surface area contributed by atoms with Gasteiger partial charge in [0.25, 0.3) is 0 Å². The second-order valence-electron chi connectivity index (χ2n) is 4.31. The number of rotatable bonds is 3. The molecule has 1 N–H and O–H groups in total. The van der Waals surface area contributed by atoms with Gasteiger partial charge < -0.3 is 0 Å². The molecule has 0 fully saturated rings. The van der Waals surface area contributed by atoms with Crippen LogP contribution in [-0.4, -0.2) is 16.4 Å². The smallest absolute Gasteiger partial charge is 0.176 e. The van der Waals surface area contributed by atoms with Crippen LogP contribution in [0.3, 0.4) is 0 Å². The van der Waals surface area contributed by atoms with Crippen molar-refractivity contribution in [2.45, 2.75) is 0 Å². The van der Waals surface area contributed by atoms with Crippen LogP contribution in [0, 0.1) is 0 Å². The molecule has 2 aromatic carbocycles. The highest BCUT2D eigenvalue weighted by Gasteiger charge is 2.05. The van der Waals surface area contributed by atoms with E-state index in [4.69, 9.17) is 23.2 Å². The molecule has 21 heavy (non-hydrogen) atoms. The number of anilines is 1. The summed E-state index contributed by atoms with van der Waals surface area (Å²) in [7, 11) is 0. The fourth-order valence-corrected chi connectivity index (χ4v) is 2.20. The monoisotopic (exact) mass is 316 g/mol. The van der Waals surface area contributed by atoms with Gasteiger partial charge in [-0.15, -0.1) is 10.2 Å². The SMILES string of the molecule is Clc1ccc(/C=N\Nc2nnc(Cl)c3ccccc23)cc1. The van der Waals surface area contributed by atoms with Gasteiger partial charge >= 0.3 is 0 Å². The van der Waals surface area contributed by atoms with Crippen molar-refractivity contribution in [1.82, 2.24) is 10.2 Å². The second-order valence-corrected chi connectivity index (χ2v) is 5.10. The molecule has 3 aromatic rings. The van der Waals surface area contributed by atoms with Gasteiger partial charge in [-0.2, -0.15) is 5.10 Å². The molecule has 6 heteroatoms. The Bertz CT molecular complexity index is 800. The van der Waals surface area contributed by atoms with E-state index in [0.29, 0.717) is 16.0 Å². The van der Waals surface area contributed by atoms with Crippen molar-refractivity contribution in [2.24, 2.45) is 5.10 Å². The van der Waals surface area contributed by atoms with Crippen LogP contribution < -0.4 is 5.43 Å². The first-order valence-electron chi connectivity index (χ1n) is 6.19. The normalized spacial score (nSPS) is 11.1. The molecule has 0 spiro atoms. The standard InChI is InChI=1S/C15H10Cl2N4/c16-11-7-5-10(6-8-11)9-18-20-15-13-4-2-1-3-12(13)14(17)19-21-15/h1-9H,(H,20,21)/b18-9-. The molecule has 0 radical (unpaired) electrons. The fraction of sp³-hybridized carbons (Fsp3) is 0. The lowest BCUT2D eigenvalue weighted by Crippen LogP contribution is -1.97. The van der Waals surface area contributed by atoms with E-state index in [-0.39, 0.29) is 0 Å². The summed E-state index contributed by atoms with van der Waals surface area (Å²) >= 11 is 11.9. The zero-order chi connectivity index (χ0) is 14.7. The van der Waals surface area contributed by atoms with Crippen molar-refractivity contribution >= 4 is 46.0 Å². The van der Waals surface area contributed by atoms with E-state index in [9.17, 15) is 0 Å². The lowest BCUT2D eigenvalue weighted by molar-refractivity contribution is 1.04. The van der Waals surface area contributed by atoms with Crippen molar-refractivity contribution < 1.29 is 0 Å². The first-order valence-corrected chi connectivity index (χ1v) is 6.95. The van der Waals surface area contributed by atoms with Gasteiger partial charge in [-0.05, 0) is 17.7 Å². The Kier molecular flexibility index (Phi) is 3.99. The van der Waals surface area contributed by atoms with Gasteiger partial charge in [0.05, 0.1) is 6.21 Å². The molecule has 0 bridgehead atoms. The summed E-state index contributed by atoms with van der Waals surface area (Å²) in [5.74, 6) is 0.556. The molecule has 0 saturated heterocycles. The Morgan fingerprint density at radius 3 is 2.38 bits per heavy atom. The van der Waals surface area contributed by atoms with E-state index in [2.05, 4.69) is 20.7 Å². The largest absolute Gasteiger partial charge is 0.259 e. The van der Waals surface area contributed by atoms with Crippen LogP contribution in [0.25, 0.3) is 10.8 Å². The summed E-state index contributed by atoms with van der Waals surface area (Å²) < 4.78 is 0. The molecule has 3 rings (SSSR count). The number of aromatic nitrogens is 2. The summed E-state index contributed by atoms with van der Waals surface area (Å²) in [5.41, 5.74) is 3.81. The van der Waals surface area contributed by atoms with Crippen molar-refractivity contribution in [2.75, 3.05) is 5.43 Å². The molecule has 0 aliphatic carbocycles. The summed E-state index contributed by atoms with van der Waals surface area (Å²) in [6.07, 6.45) is 1.68. The molecule has 0 saturated carbocycles. The Morgan fingerprint density at radius 2 is 1.62 bits per heavy atom. The number of hydrogen-bond acceptors (Lipinski definition) is 4. The first-order chi connectivity index (χ1) is 10.2. The van der Waals surface area contributed by atoms with Gasteiger partial charge in [0, 0.05) is 15.8 Å². The average Bonchev–Trinajstić information content (AvgIpc) is 2.52. The fourth-order valence-electron chi connectivity index (χ4n) is 1.87. The van der Waals surface area contributed by atoms with Crippen LogP contribution in [0.4, 0.5) is 5.82 Å². The van der Waals surface area contributed by atoms with Crippen molar-refractivity contribution in [3.05, 3.63) is 64.3 Å². The molecule has 0 aliphatic rings. The van der Waals surface area contributed by atoms with Gasteiger partial charge in [-0.3, -0.25) is 5.43 Å². The van der Waals surface area contributed by atoms with Crippen LogP contribution in [0.1, 0.15) is 5.56 Å². The molecule has 104 valence electrons. The highest BCUT2D eigenvalue weighted by Crippen LogP contribution is 2.25. The Balaban J connectivity index is 1.85. The summed E-state index contributed by atoms with van der Waals surface area (Å²) in [6, 6.07) is 15.0. The highest BCUT2D eigenvalue weighted by atomic mass is 35.5. The van der Waals surface area contributed by atoms with Gasteiger partial charge in [0.15, 0.2) is 11.0 Å². The molecule has 0 amide bonds. The molecule has 0 aliphatic heterocycles. The minimum atomic E-state index is 0.373. The van der Waals surface area contributed by atoms with Crippen molar-refractivity contribution in [3.63, 3.8) is 0 Å². The lowest BCUT2D eigenvalue weighted by Gasteiger charge is -2.04. The predicted molar refractivity (Wildman–Crippen MR) is 87.2 cm³/mol. The van der Waals surface area contributed by atoms with E-state index in [1.165, 1.54) is 0 Å². The summed E-state index contributed by atoms with van der Waals surface area (Å²) in [4.78, 5) is 0. The van der Waals surface area contributed by atoms with Crippen LogP contribution in [-0.2, 0) is 0 Å². The Labute approximate surface area is 131 Å². The number of nitrogens with zero attached hydrogens (tertiary/aromatic N) is 3. The predicted octanol–water partition coefficient (Wildman–Crippen LogP) is 4.38. The van der Waals surface area contributed by atoms with E-state index in [0.717, 1.165) is 16.3 Å². The number of benzene rings is 2. The molecule has 0 atom stereocenters. The van der Waals surface area contributed by atoms with Gasteiger partial charge in [0.1, 0.15) is 0 Å². The van der Waals surface area contributed by atoms with Crippen molar-refractivity contribution in [3.8, 4) is 0 Å². The van der Waals surface area contributed by atoms with Crippen LogP contribution in [0.15, 0.2) is 53.6 Å². The van der Waals surface area contributed by atoms with E-state index in [1.807, 2.05) is 36.4 Å².